The number of carbonyl (C=O) groups is 2. The van der Waals surface area contributed by atoms with Crippen LogP contribution in [0.5, 0.6) is 0 Å². The van der Waals surface area contributed by atoms with Crippen LogP contribution in [-0.4, -0.2) is 42.3 Å². The van der Waals surface area contributed by atoms with Crippen molar-refractivity contribution in [2.24, 2.45) is 0 Å². The number of nitrogens with one attached hydrogen (secondary N) is 1. The monoisotopic (exact) mass is 360 g/mol. The van der Waals surface area contributed by atoms with Crippen molar-refractivity contribution in [3.05, 3.63) is 34.3 Å². The van der Waals surface area contributed by atoms with Gasteiger partial charge in [0.15, 0.2) is 0 Å². The molecule has 1 aliphatic heterocycles. The van der Waals surface area contributed by atoms with Gasteiger partial charge in [-0.3, -0.25) is 14.9 Å². The minimum absolute atomic E-state index is 0.0142. The first-order valence-corrected chi connectivity index (χ1v) is 8.79. The zero-order chi connectivity index (χ0) is 18.0. The third-order valence-corrected chi connectivity index (χ3v) is 5.24. The maximum absolute atomic E-state index is 12.4. The zero-order valence-electron chi connectivity index (χ0n) is 14.4. The summed E-state index contributed by atoms with van der Waals surface area (Å²) >= 11 is 1.30. The van der Waals surface area contributed by atoms with Crippen molar-refractivity contribution in [2.45, 2.75) is 26.2 Å². The van der Waals surface area contributed by atoms with Gasteiger partial charge >= 0.3 is 0 Å². The fraction of sp³-hybridized carbons (Fsp3) is 0.412. The molecule has 1 aliphatic rings. The summed E-state index contributed by atoms with van der Waals surface area (Å²) < 4.78 is 4.77. The fourth-order valence-corrected chi connectivity index (χ4v) is 3.60. The molecule has 0 spiro atoms. The third kappa shape index (κ3) is 3.85. The highest BCUT2D eigenvalue weighted by molar-refractivity contribution is 7.15. The number of rotatable bonds is 5. The predicted molar refractivity (Wildman–Crippen MR) is 96.0 cm³/mol. The van der Waals surface area contributed by atoms with Crippen molar-refractivity contribution >= 4 is 34.0 Å². The number of carbonyl (C=O) groups excluding carboxylic acids is 2. The number of benzene rings is 1. The van der Waals surface area contributed by atoms with Crippen molar-refractivity contribution in [2.75, 3.05) is 30.5 Å². The number of anilines is 2. The molecule has 0 bridgehead atoms. The Balaban J connectivity index is 1.71. The standard InChI is InChI=1S/C17H20N4O3S/c1-10-4-5-13(6-11(10)2)21-8-12(7-15(21)23)16-19-20-17(25-16)18-14(22)9-24-3/h4-6,12H,7-9H2,1-3H3,(H,18,20,22)/t12-/m1/s1. The van der Waals surface area contributed by atoms with Gasteiger partial charge in [-0.05, 0) is 37.1 Å². The van der Waals surface area contributed by atoms with Crippen molar-refractivity contribution in [3.63, 3.8) is 0 Å². The molecule has 7 nitrogen and oxygen atoms in total. The number of hydrogen-bond acceptors (Lipinski definition) is 6. The van der Waals surface area contributed by atoms with Gasteiger partial charge in [-0.1, -0.05) is 17.4 Å². The number of methoxy groups -OCH3 is 1. The maximum Gasteiger partial charge on any atom is 0.252 e. The van der Waals surface area contributed by atoms with E-state index in [1.807, 2.05) is 32.0 Å². The van der Waals surface area contributed by atoms with Gasteiger partial charge in [-0.25, -0.2) is 0 Å². The number of hydrogen-bond donors (Lipinski definition) is 1. The fourth-order valence-electron chi connectivity index (χ4n) is 2.75. The molecule has 1 fully saturated rings. The third-order valence-electron chi connectivity index (χ3n) is 4.24. The number of ether oxygens (including phenoxy) is 1. The topological polar surface area (TPSA) is 84.4 Å². The Morgan fingerprint density at radius 2 is 2.16 bits per heavy atom. The largest absolute Gasteiger partial charge is 0.375 e. The van der Waals surface area contributed by atoms with Gasteiger partial charge in [0.25, 0.3) is 5.91 Å². The Hall–Kier alpha value is -2.32. The van der Waals surface area contributed by atoms with E-state index in [2.05, 4.69) is 15.5 Å². The average Bonchev–Trinajstić information content (AvgIpc) is 3.17. The minimum Gasteiger partial charge on any atom is -0.375 e. The van der Waals surface area contributed by atoms with Crippen molar-refractivity contribution in [1.29, 1.82) is 0 Å². The summed E-state index contributed by atoms with van der Waals surface area (Å²) in [5.41, 5.74) is 3.27. The van der Waals surface area contributed by atoms with Gasteiger partial charge < -0.3 is 9.64 Å². The van der Waals surface area contributed by atoms with E-state index in [-0.39, 0.29) is 24.3 Å². The molecule has 2 aromatic rings. The summed E-state index contributed by atoms with van der Waals surface area (Å²) in [7, 11) is 1.45. The van der Waals surface area contributed by atoms with Crippen LogP contribution in [-0.2, 0) is 14.3 Å². The molecule has 1 atom stereocenters. The Bertz CT molecular complexity index is 805. The highest BCUT2D eigenvalue weighted by Crippen LogP contribution is 2.34. The van der Waals surface area contributed by atoms with Crippen LogP contribution in [0.15, 0.2) is 18.2 Å². The molecule has 0 aliphatic carbocycles. The molecule has 2 heterocycles. The van der Waals surface area contributed by atoms with E-state index >= 15 is 0 Å². The molecular weight excluding hydrogens is 340 g/mol. The van der Waals surface area contributed by atoms with Crippen LogP contribution in [0.1, 0.15) is 28.5 Å². The molecule has 1 aromatic heterocycles. The van der Waals surface area contributed by atoms with Crippen LogP contribution in [0.25, 0.3) is 0 Å². The van der Waals surface area contributed by atoms with E-state index in [0.29, 0.717) is 18.1 Å². The summed E-state index contributed by atoms with van der Waals surface area (Å²) in [5.74, 6) is -0.211. The van der Waals surface area contributed by atoms with Gasteiger partial charge in [-0.15, -0.1) is 10.2 Å². The molecule has 25 heavy (non-hydrogen) atoms. The average molecular weight is 360 g/mol. The Morgan fingerprint density at radius 1 is 1.36 bits per heavy atom. The van der Waals surface area contributed by atoms with Crippen LogP contribution in [0, 0.1) is 13.8 Å². The van der Waals surface area contributed by atoms with Crippen molar-refractivity contribution in [3.8, 4) is 0 Å². The van der Waals surface area contributed by atoms with Crippen molar-refractivity contribution in [1.82, 2.24) is 10.2 Å². The van der Waals surface area contributed by atoms with Crippen LogP contribution in [0.4, 0.5) is 10.8 Å². The first-order valence-electron chi connectivity index (χ1n) is 7.97. The number of aryl methyl sites for hydroxylation is 2. The lowest BCUT2D eigenvalue weighted by atomic mass is 10.1. The predicted octanol–water partition coefficient (Wildman–Crippen LogP) is 2.26. The second-order valence-corrected chi connectivity index (χ2v) is 7.11. The quantitative estimate of drug-likeness (QED) is 0.884. The van der Waals surface area contributed by atoms with Gasteiger partial charge in [0, 0.05) is 31.7 Å². The van der Waals surface area contributed by atoms with Crippen molar-refractivity contribution < 1.29 is 14.3 Å². The van der Waals surface area contributed by atoms with Crippen LogP contribution < -0.4 is 10.2 Å². The lowest BCUT2D eigenvalue weighted by Gasteiger charge is -2.17. The molecule has 0 saturated carbocycles. The minimum atomic E-state index is -0.274. The molecule has 132 valence electrons. The SMILES string of the molecule is COCC(=O)Nc1nnc([C@@H]2CC(=O)N(c3ccc(C)c(C)c3)C2)s1. The molecule has 2 amide bonds. The van der Waals surface area contributed by atoms with Crippen LogP contribution >= 0.6 is 11.3 Å². The Kier molecular flexibility index (Phi) is 5.10. The van der Waals surface area contributed by atoms with E-state index in [9.17, 15) is 9.59 Å². The second kappa shape index (κ2) is 7.28. The first-order chi connectivity index (χ1) is 12.0. The molecule has 1 saturated heterocycles. The summed E-state index contributed by atoms with van der Waals surface area (Å²) in [4.78, 5) is 25.7. The molecular formula is C17H20N4O3S. The van der Waals surface area contributed by atoms with Gasteiger partial charge in [0.05, 0.1) is 0 Å². The number of amides is 2. The molecule has 1 aromatic carbocycles. The second-order valence-electron chi connectivity index (χ2n) is 6.10. The number of aromatic nitrogens is 2. The van der Waals surface area contributed by atoms with Gasteiger partial charge in [-0.2, -0.15) is 0 Å². The summed E-state index contributed by atoms with van der Waals surface area (Å²) in [6.45, 7) is 4.63. The number of nitrogens with zero attached hydrogens (tertiary/aromatic N) is 3. The molecule has 3 rings (SSSR count). The molecule has 1 N–H and O–H groups in total. The summed E-state index contributed by atoms with van der Waals surface area (Å²) in [5, 5.41) is 11.9. The van der Waals surface area contributed by atoms with E-state index < -0.39 is 0 Å². The smallest absolute Gasteiger partial charge is 0.252 e. The molecule has 0 radical (unpaired) electrons. The van der Waals surface area contributed by atoms with Gasteiger partial charge in [0.1, 0.15) is 11.6 Å². The van der Waals surface area contributed by atoms with E-state index in [1.165, 1.54) is 24.0 Å². The van der Waals surface area contributed by atoms with Crippen LogP contribution in [0.2, 0.25) is 0 Å². The maximum atomic E-state index is 12.4. The Morgan fingerprint density at radius 3 is 2.88 bits per heavy atom. The molecule has 8 heteroatoms. The first kappa shape index (κ1) is 17.5. The van der Waals surface area contributed by atoms with E-state index in [4.69, 9.17) is 4.74 Å². The lowest BCUT2D eigenvalue weighted by Crippen LogP contribution is -2.24. The normalized spacial score (nSPS) is 17.2. The van der Waals surface area contributed by atoms with Gasteiger partial charge in [0.2, 0.25) is 11.0 Å². The highest BCUT2D eigenvalue weighted by Gasteiger charge is 2.34. The Labute approximate surface area is 150 Å². The highest BCUT2D eigenvalue weighted by atomic mass is 32.1. The molecule has 0 unspecified atom stereocenters. The summed E-state index contributed by atoms with van der Waals surface area (Å²) in [6, 6.07) is 6.03. The van der Waals surface area contributed by atoms with E-state index in [1.54, 1.807) is 4.90 Å². The lowest BCUT2D eigenvalue weighted by molar-refractivity contribution is -0.119. The summed E-state index contributed by atoms with van der Waals surface area (Å²) in [6.07, 6.45) is 0.396. The van der Waals surface area contributed by atoms with Crippen LogP contribution in [0.3, 0.4) is 0 Å². The zero-order valence-corrected chi connectivity index (χ0v) is 15.2. The van der Waals surface area contributed by atoms with E-state index in [0.717, 1.165) is 16.3 Å².